The van der Waals surface area contributed by atoms with Gasteiger partial charge in [0.05, 0.1) is 10.8 Å². The molecule has 1 aromatic carbocycles. The molecule has 7 nitrogen and oxygen atoms in total. The van der Waals surface area contributed by atoms with Gasteiger partial charge in [-0.3, -0.25) is 24.5 Å². The molecule has 1 amide bonds. The zero-order chi connectivity index (χ0) is 15.5. The second kappa shape index (κ2) is 5.65. The summed E-state index contributed by atoms with van der Waals surface area (Å²) in [6.45, 7) is -0.277. The molecule has 0 saturated carbocycles. The normalized spacial score (nSPS) is 10.5. The Labute approximate surface area is 124 Å². The van der Waals surface area contributed by atoms with Crippen LogP contribution in [-0.4, -0.2) is 20.7 Å². The number of benzene rings is 1. The van der Waals surface area contributed by atoms with Crippen molar-refractivity contribution in [3.05, 3.63) is 69.5 Å². The summed E-state index contributed by atoms with van der Waals surface area (Å²) in [6, 6.07) is 9.73. The van der Waals surface area contributed by atoms with E-state index < -0.39 is 17.0 Å². The monoisotopic (exact) mass is 296 g/mol. The van der Waals surface area contributed by atoms with Crippen LogP contribution < -0.4 is 16.4 Å². The Morgan fingerprint density at radius 1 is 1.09 bits per heavy atom. The predicted octanol–water partition coefficient (Wildman–Crippen LogP) is 0.723. The summed E-state index contributed by atoms with van der Waals surface area (Å²) < 4.78 is 1.00. The van der Waals surface area contributed by atoms with Crippen molar-refractivity contribution in [1.29, 1.82) is 0 Å². The van der Waals surface area contributed by atoms with Crippen LogP contribution in [0.5, 0.6) is 0 Å². The number of H-pyrrole nitrogens is 1. The van der Waals surface area contributed by atoms with Crippen molar-refractivity contribution in [2.75, 3.05) is 5.32 Å². The van der Waals surface area contributed by atoms with Gasteiger partial charge in [-0.25, -0.2) is 4.68 Å². The molecular weight excluding hydrogens is 284 g/mol. The molecule has 0 aliphatic carbocycles. The molecule has 0 bridgehead atoms. The summed E-state index contributed by atoms with van der Waals surface area (Å²) in [4.78, 5) is 40.0. The summed E-state index contributed by atoms with van der Waals surface area (Å²) >= 11 is 0. The van der Waals surface area contributed by atoms with Gasteiger partial charge in [0.1, 0.15) is 6.54 Å². The summed E-state index contributed by atoms with van der Waals surface area (Å²) in [5.41, 5.74) is -0.261. The molecule has 0 fully saturated rings. The number of pyridine rings is 1. The van der Waals surface area contributed by atoms with E-state index in [-0.39, 0.29) is 11.9 Å². The van der Waals surface area contributed by atoms with Crippen molar-refractivity contribution in [3.8, 4) is 0 Å². The standard InChI is InChI=1S/C15H12N4O3/c20-13(17-10-5-7-16-8-6-10)9-19-15(22)12-4-2-1-3-11(12)14(21)18-19/h1-8H,9H2,(H,18,21)(H,16,17,20). The number of amides is 1. The van der Waals surface area contributed by atoms with Crippen molar-refractivity contribution in [2.24, 2.45) is 0 Å². The number of rotatable bonds is 3. The highest BCUT2D eigenvalue weighted by Gasteiger charge is 2.10. The third-order valence-electron chi connectivity index (χ3n) is 3.15. The van der Waals surface area contributed by atoms with Gasteiger partial charge in [-0.05, 0) is 24.3 Å². The lowest BCUT2D eigenvalue weighted by Crippen LogP contribution is -2.34. The molecule has 3 rings (SSSR count). The first-order chi connectivity index (χ1) is 10.6. The van der Waals surface area contributed by atoms with E-state index in [0.717, 1.165) is 4.68 Å². The lowest BCUT2D eigenvalue weighted by Gasteiger charge is -2.08. The first-order valence-corrected chi connectivity index (χ1v) is 6.57. The van der Waals surface area contributed by atoms with Gasteiger partial charge in [0, 0.05) is 18.1 Å². The van der Waals surface area contributed by atoms with Crippen LogP contribution in [0, 0.1) is 0 Å². The van der Waals surface area contributed by atoms with Crippen molar-refractivity contribution in [2.45, 2.75) is 6.54 Å². The molecule has 7 heteroatoms. The van der Waals surface area contributed by atoms with Crippen LogP contribution >= 0.6 is 0 Å². The predicted molar refractivity (Wildman–Crippen MR) is 81.7 cm³/mol. The van der Waals surface area contributed by atoms with Gasteiger partial charge in [0.2, 0.25) is 5.91 Å². The average molecular weight is 296 g/mol. The van der Waals surface area contributed by atoms with E-state index in [4.69, 9.17) is 0 Å². The van der Waals surface area contributed by atoms with Gasteiger partial charge < -0.3 is 5.32 Å². The van der Waals surface area contributed by atoms with E-state index >= 15 is 0 Å². The highest BCUT2D eigenvalue weighted by Crippen LogP contribution is 2.04. The second-order valence-electron chi connectivity index (χ2n) is 4.66. The van der Waals surface area contributed by atoms with E-state index in [1.54, 1.807) is 48.8 Å². The van der Waals surface area contributed by atoms with E-state index in [1.807, 2.05) is 0 Å². The lowest BCUT2D eigenvalue weighted by atomic mass is 10.2. The van der Waals surface area contributed by atoms with Gasteiger partial charge in [-0.1, -0.05) is 12.1 Å². The van der Waals surface area contributed by atoms with E-state index in [9.17, 15) is 14.4 Å². The summed E-state index contributed by atoms with van der Waals surface area (Å²) in [6.07, 6.45) is 3.08. The van der Waals surface area contributed by atoms with Crippen molar-refractivity contribution in [1.82, 2.24) is 14.8 Å². The first kappa shape index (κ1) is 13.7. The number of fused-ring (bicyclic) bond motifs is 1. The molecule has 0 aliphatic rings. The molecule has 0 saturated heterocycles. The largest absolute Gasteiger partial charge is 0.324 e. The third kappa shape index (κ3) is 2.64. The maximum Gasteiger partial charge on any atom is 0.273 e. The number of aromatic amines is 1. The van der Waals surface area contributed by atoms with Crippen LogP contribution in [-0.2, 0) is 11.3 Å². The van der Waals surface area contributed by atoms with Gasteiger partial charge in [0.15, 0.2) is 0 Å². The topological polar surface area (TPSA) is 96.9 Å². The van der Waals surface area contributed by atoms with E-state index in [1.165, 1.54) is 0 Å². The summed E-state index contributed by atoms with van der Waals surface area (Å²) in [5, 5.41) is 5.62. The van der Waals surface area contributed by atoms with E-state index in [2.05, 4.69) is 15.4 Å². The van der Waals surface area contributed by atoms with Crippen LogP contribution in [0.3, 0.4) is 0 Å². The Morgan fingerprint density at radius 2 is 1.77 bits per heavy atom. The molecule has 0 atom stereocenters. The SMILES string of the molecule is O=C(Cn1[nH]c(=O)c2ccccc2c1=O)Nc1ccncc1. The highest BCUT2D eigenvalue weighted by atomic mass is 16.2. The summed E-state index contributed by atoms with van der Waals surface area (Å²) in [7, 11) is 0. The quantitative estimate of drug-likeness (QED) is 0.744. The minimum atomic E-state index is -0.417. The number of nitrogens with zero attached hydrogens (tertiary/aromatic N) is 2. The fourth-order valence-corrected chi connectivity index (χ4v) is 2.14. The Bertz CT molecular complexity index is 944. The number of aromatic nitrogens is 3. The number of hydrogen-bond acceptors (Lipinski definition) is 4. The van der Waals surface area contributed by atoms with Gasteiger partial charge in [-0.15, -0.1) is 0 Å². The van der Waals surface area contributed by atoms with Gasteiger partial charge in [-0.2, -0.15) is 0 Å². The lowest BCUT2D eigenvalue weighted by molar-refractivity contribution is -0.117. The average Bonchev–Trinajstić information content (AvgIpc) is 2.53. The van der Waals surface area contributed by atoms with Gasteiger partial charge >= 0.3 is 0 Å². The molecule has 2 aromatic heterocycles. The fourth-order valence-electron chi connectivity index (χ4n) is 2.14. The van der Waals surface area contributed by atoms with Crippen LogP contribution in [0.2, 0.25) is 0 Å². The Kier molecular flexibility index (Phi) is 3.53. The Balaban J connectivity index is 1.91. The van der Waals surface area contributed by atoms with Crippen LogP contribution in [0.1, 0.15) is 0 Å². The molecule has 22 heavy (non-hydrogen) atoms. The minimum absolute atomic E-state index is 0.277. The number of hydrogen-bond donors (Lipinski definition) is 2. The molecule has 0 unspecified atom stereocenters. The number of nitrogens with one attached hydrogen (secondary N) is 2. The summed E-state index contributed by atoms with van der Waals surface area (Å²) in [5.74, 6) is -0.417. The van der Waals surface area contributed by atoms with E-state index in [0.29, 0.717) is 11.1 Å². The molecule has 2 heterocycles. The van der Waals surface area contributed by atoms with Crippen molar-refractivity contribution >= 4 is 22.4 Å². The third-order valence-corrected chi connectivity index (χ3v) is 3.15. The molecule has 3 aromatic rings. The van der Waals surface area contributed by atoms with Crippen LogP contribution in [0.4, 0.5) is 5.69 Å². The minimum Gasteiger partial charge on any atom is -0.324 e. The molecule has 2 N–H and O–H groups in total. The number of anilines is 1. The van der Waals surface area contributed by atoms with Crippen molar-refractivity contribution < 1.29 is 4.79 Å². The van der Waals surface area contributed by atoms with Crippen molar-refractivity contribution in [3.63, 3.8) is 0 Å². The fraction of sp³-hybridized carbons (Fsp3) is 0.0667. The molecule has 0 aliphatic heterocycles. The maximum absolute atomic E-state index is 12.3. The zero-order valence-electron chi connectivity index (χ0n) is 11.4. The molecule has 0 radical (unpaired) electrons. The Morgan fingerprint density at radius 3 is 2.50 bits per heavy atom. The first-order valence-electron chi connectivity index (χ1n) is 6.57. The Hall–Kier alpha value is -3.22. The second-order valence-corrected chi connectivity index (χ2v) is 4.66. The van der Waals surface area contributed by atoms with Gasteiger partial charge in [0.25, 0.3) is 11.1 Å². The number of carbonyl (C=O) groups is 1. The highest BCUT2D eigenvalue weighted by molar-refractivity contribution is 5.90. The molecule has 0 spiro atoms. The van der Waals surface area contributed by atoms with Crippen LogP contribution in [0.15, 0.2) is 58.4 Å². The zero-order valence-corrected chi connectivity index (χ0v) is 11.4. The smallest absolute Gasteiger partial charge is 0.273 e. The van der Waals surface area contributed by atoms with Crippen LogP contribution in [0.25, 0.3) is 10.8 Å². The maximum atomic E-state index is 12.3. The number of carbonyl (C=O) groups excluding carboxylic acids is 1. The molecular formula is C15H12N4O3. The molecule has 110 valence electrons.